The second-order valence-corrected chi connectivity index (χ2v) is 8.50. The molecule has 1 aromatic carbocycles. The minimum atomic E-state index is -3.39. The molecule has 4 nitrogen and oxygen atoms in total. The van der Waals surface area contributed by atoms with Crippen molar-refractivity contribution < 1.29 is 8.42 Å². The lowest BCUT2D eigenvalue weighted by molar-refractivity contribution is 0.581. The molecule has 6 heteroatoms. The van der Waals surface area contributed by atoms with Crippen LogP contribution in [0.4, 0.5) is 5.69 Å². The number of rotatable bonds is 6. The molecule has 1 heterocycles. The average molecular weight is 312 g/mol. The summed E-state index contributed by atoms with van der Waals surface area (Å²) in [6.45, 7) is 0.834. The molecule has 2 N–H and O–H groups in total. The van der Waals surface area contributed by atoms with E-state index >= 15 is 0 Å². The molecule has 110 valence electrons. The molecular formula is C14H20N2O2S2. The number of benzene rings is 1. The largest absolute Gasteiger partial charge is 0.383 e. The van der Waals surface area contributed by atoms with Crippen LogP contribution in [0.1, 0.15) is 25.7 Å². The van der Waals surface area contributed by atoms with E-state index in [0.29, 0.717) is 15.8 Å². The number of hydrogen-bond acceptors (Lipinski definition) is 4. The van der Waals surface area contributed by atoms with E-state index in [-0.39, 0.29) is 6.04 Å². The first kappa shape index (κ1) is 14.2. The van der Waals surface area contributed by atoms with Crippen molar-refractivity contribution in [1.29, 1.82) is 0 Å². The van der Waals surface area contributed by atoms with Crippen LogP contribution >= 0.6 is 11.8 Å². The number of hydrogen-bond donors (Lipinski definition) is 2. The fourth-order valence-corrected chi connectivity index (χ4v) is 5.05. The Morgan fingerprint density at radius 2 is 2.00 bits per heavy atom. The Morgan fingerprint density at radius 3 is 2.70 bits per heavy atom. The third kappa shape index (κ3) is 3.48. The number of sulfonamides is 1. The summed E-state index contributed by atoms with van der Waals surface area (Å²) in [4.78, 5) is 0.370. The van der Waals surface area contributed by atoms with Gasteiger partial charge in [0.1, 0.15) is 4.90 Å². The zero-order valence-corrected chi connectivity index (χ0v) is 13.0. The highest BCUT2D eigenvalue weighted by Gasteiger charge is 2.29. The summed E-state index contributed by atoms with van der Waals surface area (Å²) in [5.74, 6) is 1.22. The van der Waals surface area contributed by atoms with Crippen molar-refractivity contribution in [3.8, 4) is 0 Å². The molecule has 2 aliphatic rings. The van der Waals surface area contributed by atoms with Crippen molar-refractivity contribution in [3.05, 3.63) is 24.3 Å². The Kier molecular flexibility index (Phi) is 4.23. The van der Waals surface area contributed by atoms with Gasteiger partial charge in [-0.1, -0.05) is 12.1 Å². The second-order valence-electron chi connectivity index (χ2n) is 5.41. The molecule has 0 bridgehead atoms. The molecule has 1 aromatic rings. The standard InChI is InChI=1S/C14H20N2O2S2/c17-20(18,16-11-7-8-11)14-6-2-1-5-13(14)15-10-12-4-3-9-19-12/h1-2,5-6,11-12,15-16H,3-4,7-10H2. The lowest BCUT2D eigenvalue weighted by Crippen LogP contribution is -2.27. The van der Waals surface area contributed by atoms with Gasteiger partial charge in [0.05, 0.1) is 5.69 Å². The molecule has 2 fully saturated rings. The van der Waals surface area contributed by atoms with Gasteiger partial charge in [-0.25, -0.2) is 13.1 Å². The Hall–Kier alpha value is -0.720. The van der Waals surface area contributed by atoms with Gasteiger partial charge < -0.3 is 5.32 Å². The van der Waals surface area contributed by atoms with Gasteiger partial charge in [-0.15, -0.1) is 0 Å². The third-order valence-corrected chi connectivity index (χ3v) is 6.60. The molecule has 20 heavy (non-hydrogen) atoms. The Balaban J connectivity index is 1.73. The van der Waals surface area contributed by atoms with Crippen LogP contribution in [-0.4, -0.2) is 32.0 Å². The quantitative estimate of drug-likeness (QED) is 0.847. The van der Waals surface area contributed by atoms with Crippen LogP contribution in [0.5, 0.6) is 0 Å². The van der Waals surface area contributed by atoms with E-state index in [2.05, 4.69) is 10.0 Å². The van der Waals surface area contributed by atoms with Crippen LogP contribution < -0.4 is 10.0 Å². The van der Waals surface area contributed by atoms with E-state index in [1.165, 1.54) is 18.6 Å². The summed E-state index contributed by atoms with van der Waals surface area (Å²) in [6, 6.07) is 7.31. The fourth-order valence-electron chi connectivity index (χ4n) is 2.36. The lowest BCUT2D eigenvalue weighted by Gasteiger charge is -2.15. The van der Waals surface area contributed by atoms with E-state index in [1.807, 2.05) is 23.9 Å². The Bertz CT molecular complexity index is 564. The third-order valence-electron chi connectivity index (χ3n) is 3.62. The minimum Gasteiger partial charge on any atom is -0.383 e. The van der Waals surface area contributed by atoms with Crippen LogP contribution in [-0.2, 0) is 10.0 Å². The predicted octanol–water partition coefficient (Wildman–Crippen LogP) is 2.43. The minimum absolute atomic E-state index is 0.137. The van der Waals surface area contributed by atoms with Gasteiger partial charge in [0, 0.05) is 17.8 Å². The highest BCUT2D eigenvalue weighted by atomic mass is 32.2. The van der Waals surface area contributed by atoms with Crippen LogP contribution in [0.3, 0.4) is 0 Å². The molecule has 0 radical (unpaired) electrons. The van der Waals surface area contributed by atoms with Crippen molar-refractivity contribution in [2.45, 2.75) is 41.9 Å². The normalized spacial score (nSPS) is 22.9. The van der Waals surface area contributed by atoms with Crippen molar-refractivity contribution in [2.24, 2.45) is 0 Å². The monoisotopic (exact) mass is 312 g/mol. The first-order valence-corrected chi connectivity index (χ1v) is 9.65. The molecular weight excluding hydrogens is 292 g/mol. The first-order valence-electron chi connectivity index (χ1n) is 7.12. The molecule has 1 saturated carbocycles. The van der Waals surface area contributed by atoms with E-state index in [0.717, 1.165) is 19.4 Å². The van der Waals surface area contributed by atoms with Crippen molar-refractivity contribution in [3.63, 3.8) is 0 Å². The summed E-state index contributed by atoms with van der Waals surface area (Å²) < 4.78 is 27.4. The first-order chi connectivity index (χ1) is 9.65. The number of para-hydroxylation sites is 1. The van der Waals surface area contributed by atoms with Crippen LogP contribution in [0.2, 0.25) is 0 Å². The summed E-state index contributed by atoms with van der Waals surface area (Å²) in [5.41, 5.74) is 0.716. The summed E-state index contributed by atoms with van der Waals surface area (Å²) >= 11 is 1.97. The van der Waals surface area contributed by atoms with Crippen molar-refractivity contribution in [2.75, 3.05) is 17.6 Å². The maximum Gasteiger partial charge on any atom is 0.242 e. The number of anilines is 1. The van der Waals surface area contributed by atoms with E-state index < -0.39 is 10.0 Å². The molecule has 3 rings (SSSR count). The molecule has 0 aromatic heterocycles. The SMILES string of the molecule is O=S(=O)(NC1CC1)c1ccccc1NCC1CCCS1. The van der Waals surface area contributed by atoms with Gasteiger partial charge >= 0.3 is 0 Å². The zero-order valence-electron chi connectivity index (χ0n) is 11.3. The molecule has 0 spiro atoms. The van der Waals surface area contributed by atoms with Gasteiger partial charge in [0.25, 0.3) is 0 Å². The maximum atomic E-state index is 12.3. The molecule has 0 amide bonds. The topological polar surface area (TPSA) is 58.2 Å². The molecule has 1 aliphatic carbocycles. The zero-order chi connectivity index (χ0) is 14.0. The molecule has 1 atom stereocenters. The van der Waals surface area contributed by atoms with Gasteiger partial charge in [0.15, 0.2) is 0 Å². The van der Waals surface area contributed by atoms with Crippen LogP contribution in [0.25, 0.3) is 0 Å². The van der Waals surface area contributed by atoms with Gasteiger partial charge in [-0.05, 0) is 43.6 Å². The van der Waals surface area contributed by atoms with Gasteiger partial charge in [-0.2, -0.15) is 11.8 Å². The summed E-state index contributed by atoms with van der Waals surface area (Å²) in [7, 11) is -3.39. The highest BCUT2D eigenvalue weighted by Crippen LogP contribution is 2.29. The predicted molar refractivity (Wildman–Crippen MR) is 83.8 cm³/mol. The molecule has 1 saturated heterocycles. The van der Waals surface area contributed by atoms with Crippen LogP contribution in [0, 0.1) is 0 Å². The number of nitrogens with one attached hydrogen (secondary N) is 2. The molecule has 1 aliphatic heterocycles. The smallest absolute Gasteiger partial charge is 0.242 e. The van der Waals surface area contributed by atoms with Gasteiger partial charge in [0.2, 0.25) is 10.0 Å². The Morgan fingerprint density at radius 1 is 1.20 bits per heavy atom. The summed E-state index contributed by atoms with van der Waals surface area (Å²) in [5, 5.41) is 3.91. The highest BCUT2D eigenvalue weighted by molar-refractivity contribution is 8.00. The van der Waals surface area contributed by atoms with Crippen molar-refractivity contribution in [1.82, 2.24) is 4.72 Å². The average Bonchev–Trinajstić information content (AvgIpc) is 3.07. The van der Waals surface area contributed by atoms with Gasteiger partial charge in [-0.3, -0.25) is 0 Å². The molecule has 1 unspecified atom stereocenters. The summed E-state index contributed by atoms with van der Waals surface area (Å²) in [6.07, 6.45) is 4.38. The fraction of sp³-hybridized carbons (Fsp3) is 0.571. The van der Waals surface area contributed by atoms with E-state index in [1.54, 1.807) is 12.1 Å². The van der Waals surface area contributed by atoms with Crippen molar-refractivity contribution >= 4 is 27.5 Å². The van der Waals surface area contributed by atoms with E-state index in [9.17, 15) is 8.42 Å². The second kappa shape index (κ2) is 5.95. The van der Waals surface area contributed by atoms with Crippen LogP contribution in [0.15, 0.2) is 29.2 Å². The lowest BCUT2D eigenvalue weighted by atomic mass is 10.2. The Labute approximate surface area is 124 Å². The van der Waals surface area contributed by atoms with E-state index in [4.69, 9.17) is 0 Å². The maximum absolute atomic E-state index is 12.3. The number of thioether (sulfide) groups is 1.